The molecule has 1 saturated heterocycles. The Morgan fingerprint density at radius 3 is 3.05 bits per heavy atom. The van der Waals surface area contributed by atoms with Gasteiger partial charge in [-0.1, -0.05) is 6.07 Å². The molecule has 6 nitrogen and oxygen atoms in total. The molecule has 1 aliphatic rings. The van der Waals surface area contributed by atoms with Crippen molar-refractivity contribution < 1.29 is 14.3 Å². The Labute approximate surface area is 124 Å². The maximum atomic E-state index is 12.2. The fourth-order valence-electron chi connectivity index (χ4n) is 2.40. The molecular weight excluding hydrogens is 270 g/mol. The first-order valence-corrected chi connectivity index (χ1v) is 7.10. The molecule has 2 heterocycles. The number of hydrogen-bond acceptors (Lipinski definition) is 4. The number of nitrogens with zero attached hydrogens (tertiary/aromatic N) is 2. The van der Waals surface area contributed by atoms with E-state index < -0.39 is 0 Å². The standard InChI is InChI=1S/C15H21N3O3/c1-11(13-5-3-4-6-16-13)17-15(20)12-9-14(19)18(10-12)7-8-21-2/h3-6,11-12H,7-10H2,1-2H3,(H,17,20)/t11-,12-/m1/s1. The summed E-state index contributed by atoms with van der Waals surface area (Å²) < 4.78 is 4.97. The average Bonchev–Trinajstić information content (AvgIpc) is 2.87. The monoisotopic (exact) mass is 291 g/mol. The predicted molar refractivity (Wildman–Crippen MR) is 77.4 cm³/mol. The summed E-state index contributed by atoms with van der Waals surface area (Å²) in [4.78, 5) is 30.0. The van der Waals surface area contributed by atoms with E-state index in [1.54, 1.807) is 18.2 Å². The second kappa shape index (κ2) is 7.17. The lowest BCUT2D eigenvalue weighted by Gasteiger charge is -2.18. The van der Waals surface area contributed by atoms with Gasteiger partial charge in [0.15, 0.2) is 0 Å². The van der Waals surface area contributed by atoms with Crippen molar-refractivity contribution in [2.75, 3.05) is 26.8 Å². The number of carbonyl (C=O) groups is 2. The van der Waals surface area contributed by atoms with Crippen LogP contribution in [0.5, 0.6) is 0 Å². The van der Waals surface area contributed by atoms with E-state index in [9.17, 15) is 9.59 Å². The van der Waals surface area contributed by atoms with Gasteiger partial charge in [0.25, 0.3) is 0 Å². The topological polar surface area (TPSA) is 71.5 Å². The fraction of sp³-hybridized carbons (Fsp3) is 0.533. The first-order valence-electron chi connectivity index (χ1n) is 7.10. The minimum Gasteiger partial charge on any atom is -0.383 e. The number of rotatable bonds is 6. The zero-order valence-electron chi connectivity index (χ0n) is 12.4. The van der Waals surface area contributed by atoms with E-state index in [2.05, 4.69) is 10.3 Å². The number of hydrogen-bond donors (Lipinski definition) is 1. The van der Waals surface area contributed by atoms with Crippen molar-refractivity contribution in [3.05, 3.63) is 30.1 Å². The molecule has 0 bridgehead atoms. The molecule has 6 heteroatoms. The highest BCUT2D eigenvalue weighted by Crippen LogP contribution is 2.19. The smallest absolute Gasteiger partial charge is 0.225 e. The summed E-state index contributed by atoms with van der Waals surface area (Å²) in [5.41, 5.74) is 0.811. The summed E-state index contributed by atoms with van der Waals surface area (Å²) in [5, 5.41) is 2.92. The summed E-state index contributed by atoms with van der Waals surface area (Å²) >= 11 is 0. The van der Waals surface area contributed by atoms with Crippen molar-refractivity contribution in [2.45, 2.75) is 19.4 Å². The minimum atomic E-state index is -0.291. The van der Waals surface area contributed by atoms with Crippen LogP contribution in [0.25, 0.3) is 0 Å². The van der Waals surface area contributed by atoms with Crippen molar-refractivity contribution >= 4 is 11.8 Å². The van der Waals surface area contributed by atoms with Crippen molar-refractivity contribution in [1.29, 1.82) is 0 Å². The van der Waals surface area contributed by atoms with E-state index in [1.807, 2.05) is 25.1 Å². The van der Waals surface area contributed by atoms with Crippen LogP contribution in [0.2, 0.25) is 0 Å². The summed E-state index contributed by atoms with van der Waals surface area (Å²) in [5.74, 6) is -0.375. The molecule has 114 valence electrons. The average molecular weight is 291 g/mol. The van der Waals surface area contributed by atoms with E-state index in [-0.39, 0.29) is 30.2 Å². The van der Waals surface area contributed by atoms with Gasteiger partial charge in [-0.2, -0.15) is 0 Å². The maximum Gasteiger partial charge on any atom is 0.225 e. The number of methoxy groups -OCH3 is 1. The highest BCUT2D eigenvalue weighted by molar-refractivity contribution is 5.89. The van der Waals surface area contributed by atoms with Gasteiger partial charge in [-0.15, -0.1) is 0 Å². The van der Waals surface area contributed by atoms with E-state index >= 15 is 0 Å². The molecule has 1 aromatic rings. The maximum absolute atomic E-state index is 12.2. The molecule has 0 radical (unpaired) electrons. The minimum absolute atomic E-state index is 0.0117. The summed E-state index contributed by atoms with van der Waals surface area (Å²) in [6.45, 7) is 3.38. The molecule has 1 N–H and O–H groups in total. The van der Waals surface area contributed by atoms with Crippen molar-refractivity contribution in [2.24, 2.45) is 5.92 Å². The van der Waals surface area contributed by atoms with Crippen LogP contribution in [0.3, 0.4) is 0 Å². The molecule has 1 aliphatic heterocycles. The van der Waals surface area contributed by atoms with Crippen LogP contribution in [0.15, 0.2) is 24.4 Å². The second-order valence-corrected chi connectivity index (χ2v) is 5.22. The van der Waals surface area contributed by atoms with Gasteiger partial charge in [0, 0.05) is 32.8 Å². The Morgan fingerprint density at radius 1 is 1.57 bits per heavy atom. The number of ether oxygens (including phenoxy) is 1. The van der Waals surface area contributed by atoms with Crippen molar-refractivity contribution in [3.8, 4) is 0 Å². The molecule has 0 saturated carbocycles. The normalized spacial score (nSPS) is 19.6. The Morgan fingerprint density at radius 2 is 2.38 bits per heavy atom. The molecule has 0 spiro atoms. The Hall–Kier alpha value is -1.95. The van der Waals surface area contributed by atoms with Crippen LogP contribution in [0.1, 0.15) is 25.1 Å². The van der Waals surface area contributed by atoms with Gasteiger partial charge in [-0.3, -0.25) is 14.6 Å². The van der Waals surface area contributed by atoms with Crippen molar-refractivity contribution in [3.63, 3.8) is 0 Å². The Kier molecular flexibility index (Phi) is 5.27. The third kappa shape index (κ3) is 4.01. The van der Waals surface area contributed by atoms with Crippen LogP contribution in [-0.4, -0.2) is 48.5 Å². The number of likely N-dealkylation sites (tertiary alicyclic amines) is 1. The first kappa shape index (κ1) is 15.4. The molecule has 1 fully saturated rings. The largest absolute Gasteiger partial charge is 0.383 e. The van der Waals surface area contributed by atoms with Gasteiger partial charge in [0.1, 0.15) is 0 Å². The van der Waals surface area contributed by atoms with Crippen LogP contribution < -0.4 is 5.32 Å². The lowest BCUT2D eigenvalue weighted by molar-refractivity contribution is -0.129. The van der Waals surface area contributed by atoms with E-state index in [0.717, 1.165) is 5.69 Å². The summed E-state index contributed by atoms with van der Waals surface area (Å²) in [6.07, 6.45) is 1.97. The molecule has 0 aromatic carbocycles. The molecular formula is C15H21N3O3. The van der Waals surface area contributed by atoms with Crippen LogP contribution in [0.4, 0.5) is 0 Å². The third-order valence-corrected chi connectivity index (χ3v) is 3.64. The molecule has 2 amide bonds. The molecule has 21 heavy (non-hydrogen) atoms. The summed E-state index contributed by atoms with van der Waals surface area (Å²) in [6, 6.07) is 5.43. The van der Waals surface area contributed by atoms with Gasteiger partial charge in [-0.25, -0.2) is 0 Å². The fourth-order valence-corrected chi connectivity index (χ4v) is 2.40. The summed E-state index contributed by atoms with van der Waals surface area (Å²) in [7, 11) is 1.60. The number of nitrogens with one attached hydrogen (secondary N) is 1. The Balaban J connectivity index is 1.88. The van der Waals surface area contributed by atoms with Crippen molar-refractivity contribution in [1.82, 2.24) is 15.2 Å². The molecule has 0 aliphatic carbocycles. The van der Waals surface area contributed by atoms with Crippen LogP contribution in [-0.2, 0) is 14.3 Å². The number of carbonyl (C=O) groups excluding carboxylic acids is 2. The number of amides is 2. The molecule has 1 aromatic heterocycles. The van der Waals surface area contributed by atoms with Crippen LogP contribution in [0, 0.1) is 5.92 Å². The first-order chi connectivity index (χ1) is 10.1. The third-order valence-electron chi connectivity index (χ3n) is 3.64. The lowest BCUT2D eigenvalue weighted by atomic mass is 10.1. The molecule has 2 rings (SSSR count). The number of pyridine rings is 1. The zero-order chi connectivity index (χ0) is 15.2. The van der Waals surface area contributed by atoms with Gasteiger partial charge in [-0.05, 0) is 19.1 Å². The van der Waals surface area contributed by atoms with E-state index in [4.69, 9.17) is 4.74 Å². The second-order valence-electron chi connectivity index (χ2n) is 5.22. The number of aromatic nitrogens is 1. The van der Waals surface area contributed by atoms with Gasteiger partial charge < -0.3 is 15.0 Å². The quantitative estimate of drug-likeness (QED) is 0.839. The molecule has 2 atom stereocenters. The van der Waals surface area contributed by atoms with Gasteiger partial charge in [0.2, 0.25) is 11.8 Å². The highest BCUT2D eigenvalue weighted by Gasteiger charge is 2.34. The van der Waals surface area contributed by atoms with Gasteiger partial charge in [0.05, 0.1) is 24.3 Å². The lowest BCUT2D eigenvalue weighted by Crippen LogP contribution is -2.35. The SMILES string of the molecule is COCCN1C[C@H](C(=O)N[C@H](C)c2ccccn2)CC1=O. The molecule has 0 unspecified atom stereocenters. The Bertz CT molecular complexity index is 492. The zero-order valence-corrected chi connectivity index (χ0v) is 12.4. The van der Waals surface area contributed by atoms with Crippen LogP contribution >= 0.6 is 0 Å². The van der Waals surface area contributed by atoms with Gasteiger partial charge >= 0.3 is 0 Å². The van der Waals surface area contributed by atoms with E-state index in [1.165, 1.54) is 0 Å². The van der Waals surface area contributed by atoms with E-state index in [0.29, 0.717) is 19.7 Å². The highest BCUT2D eigenvalue weighted by atomic mass is 16.5. The predicted octanol–water partition coefficient (Wildman–Crippen LogP) is 0.754.